The molecule has 0 saturated heterocycles. The van der Waals surface area contributed by atoms with Gasteiger partial charge in [-0.3, -0.25) is 0 Å². The second-order valence-electron chi connectivity index (χ2n) is 8.72. The van der Waals surface area contributed by atoms with Gasteiger partial charge in [0.2, 0.25) is 0 Å². The molecule has 0 aliphatic heterocycles. The van der Waals surface area contributed by atoms with Crippen LogP contribution in [0, 0.1) is 5.41 Å². The molecule has 0 aromatic carbocycles. The van der Waals surface area contributed by atoms with Crippen LogP contribution in [0.15, 0.2) is 0 Å². The molecule has 5 nitrogen and oxygen atoms in total. The van der Waals surface area contributed by atoms with Crippen LogP contribution in [0.2, 0.25) is 0 Å². The highest BCUT2D eigenvalue weighted by Crippen LogP contribution is 2.26. The third kappa shape index (κ3) is 11.3. The number of thiocarbonyl (C=S) groups is 1. The quantitative estimate of drug-likeness (QED) is 0.569. The van der Waals surface area contributed by atoms with Gasteiger partial charge in [0.25, 0.3) is 0 Å². The Morgan fingerprint density at radius 2 is 1.61 bits per heavy atom. The molecule has 0 radical (unpaired) electrons. The Labute approximate surface area is 146 Å². The molecular weight excluding hydrogens is 312 g/mol. The van der Waals surface area contributed by atoms with Gasteiger partial charge >= 0.3 is 5.97 Å². The topological polar surface area (TPSA) is 59.6 Å². The lowest BCUT2D eigenvalue weighted by Gasteiger charge is -2.35. The van der Waals surface area contributed by atoms with E-state index >= 15 is 0 Å². The molecule has 6 heteroatoms. The predicted molar refractivity (Wildman–Crippen MR) is 98.5 cm³/mol. The van der Waals surface area contributed by atoms with Gasteiger partial charge in [-0.2, -0.15) is 0 Å². The number of carbonyl (C=O) groups excluding carboxylic acids is 1. The van der Waals surface area contributed by atoms with Gasteiger partial charge in [-0.05, 0) is 58.7 Å². The van der Waals surface area contributed by atoms with E-state index in [0.717, 1.165) is 6.42 Å². The Morgan fingerprint density at radius 3 is 2.00 bits per heavy atom. The van der Waals surface area contributed by atoms with Crippen LogP contribution < -0.4 is 10.6 Å². The molecule has 1 unspecified atom stereocenters. The van der Waals surface area contributed by atoms with Crippen molar-refractivity contribution in [1.82, 2.24) is 10.6 Å². The molecule has 2 N–H and O–H groups in total. The van der Waals surface area contributed by atoms with Crippen LogP contribution in [0.5, 0.6) is 0 Å². The van der Waals surface area contributed by atoms with Crippen LogP contribution in [0.4, 0.5) is 0 Å². The summed E-state index contributed by atoms with van der Waals surface area (Å²) in [4.78, 5) is 11.9. The monoisotopic (exact) mass is 346 g/mol. The van der Waals surface area contributed by atoms with Crippen molar-refractivity contribution in [2.45, 2.75) is 79.0 Å². The molecule has 0 bridgehead atoms. The molecule has 0 heterocycles. The number of nitrogens with one attached hydrogen (secondary N) is 2. The number of esters is 1. The van der Waals surface area contributed by atoms with Crippen molar-refractivity contribution in [3.8, 4) is 0 Å². The van der Waals surface area contributed by atoms with Crippen molar-refractivity contribution < 1.29 is 14.3 Å². The third-order valence-electron chi connectivity index (χ3n) is 2.90. The fraction of sp³-hybridized carbons (Fsp3) is 0.882. The largest absolute Gasteiger partial charge is 0.467 e. The Kier molecular flexibility index (Phi) is 7.97. The molecule has 0 aliphatic rings. The number of methoxy groups -OCH3 is 1. The van der Waals surface area contributed by atoms with Gasteiger partial charge in [-0.1, -0.05) is 20.8 Å². The third-order valence-corrected chi connectivity index (χ3v) is 3.12. The van der Waals surface area contributed by atoms with Crippen LogP contribution >= 0.6 is 12.2 Å². The molecule has 0 rings (SSSR count). The van der Waals surface area contributed by atoms with Crippen LogP contribution in [0.3, 0.4) is 0 Å². The summed E-state index contributed by atoms with van der Waals surface area (Å²) in [7, 11) is 1.36. The van der Waals surface area contributed by atoms with E-state index in [1.807, 2.05) is 20.8 Å². The number of carbonyl (C=O) groups is 1. The van der Waals surface area contributed by atoms with Crippen molar-refractivity contribution >= 4 is 23.3 Å². The van der Waals surface area contributed by atoms with E-state index in [-0.39, 0.29) is 23.2 Å². The van der Waals surface area contributed by atoms with E-state index in [1.54, 1.807) is 0 Å². The maximum atomic E-state index is 11.9. The normalized spacial score (nSPS) is 14.1. The summed E-state index contributed by atoms with van der Waals surface area (Å²) >= 11 is 5.36. The second kappa shape index (κ2) is 8.29. The van der Waals surface area contributed by atoms with Crippen LogP contribution in [-0.4, -0.2) is 42.0 Å². The fourth-order valence-electron chi connectivity index (χ4n) is 2.52. The van der Waals surface area contributed by atoms with Gasteiger partial charge in [0.15, 0.2) is 5.11 Å². The highest BCUT2D eigenvalue weighted by molar-refractivity contribution is 7.80. The van der Waals surface area contributed by atoms with E-state index in [1.165, 1.54) is 7.11 Å². The van der Waals surface area contributed by atoms with Gasteiger partial charge in [0.1, 0.15) is 6.04 Å². The lowest BCUT2D eigenvalue weighted by atomic mass is 9.82. The minimum absolute atomic E-state index is 0.170. The molecule has 0 aliphatic carbocycles. The molecule has 1 atom stereocenters. The molecule has 0 saturated carbocycles. The molecule has 0 fully saturated rings. The van der Waals surface area contributed by atoms with E-state index in [2.05, 4.69) is 45.3 Å². The number of ether oxygens (including phenoxy) is 2. The summed E-state index contributed by atoms with van der Waals surface area (Å²) in [6.07, 6.45) is 0.934. The zero-order chi connectivity index (χ0) is 18.5. The van der Waals surface area contributed by atoms with Crippen molar-refractivity contribution in [2.75, 3.05) is 13.7 Å². The first-order chi connectivity index (χ1) is 10.2. The summed E-state index contributed by atoms with van der Waals surface area (Å²) in [5, 5.41) is 6.70. The SMILES string of the molecule is COC(=O)C(COC(C)(C)C)NC(=S)NC(C)(C)CC(C)(C)C. The van der Waals surface area contributed by atoms with Gasteiger partial charge in [-0.15, -0.1) is 0 Å². The molecule has 23 heavy (non-hydrogen) atoms. The Bertz CT molecular complexity index is 409. The van der Waals surface area contributed by atoms with Crippen LogP contribution in [0.25, 0.3) is 0 Å². The highest BCUT2D eigenvalue weighted by atomic mass is 32.1. The summed E-state index contributed by atoms with van der Waals surface area (Å²) in [5.74, 6) is -0.396. The van der Waals surface area contributed by atoms with E-state index < -0.39 is 12.0 Å². The zero-order valence-corrected chi connectivity index (χ0v) is 16.9. The van der Waals surface area contributed by atoms with Crippen molar-refractivity contribution in [1.29, 1.82) is 0 Å². The van der Waals surface area contributed by atoms with E-state index in [9.17, 15) is 4.79 Å². The van der Waals surface area contributed by atoms with Gasteiger partial charge in [0, 0.05) is 5.54 Å². The summed E-state index contributed by atoms with van der Waals surface area (Å²) in [6, 6.07) is -0.635. The summed E-state index contributed by atoms with van der Waals surface area (Å²) < 4.78 is 10.5. The van der Waals surface area contributed by atoms with Crippen LogP contribution in [-0.2, 0) is 14.3 Å². The Hall–Kier alpha value is -0.880. The van der Waals surface area contributed by atoms with Gasteiger partial charge < -0.3 is 20.1 Å². The van der Waals surface area contributed by atoms with E-state index in [4.69, 9.17) is 21.7 Å². The average Bonchev–Trinajstić information content (AvgIpc) is 2.28. The van der Waals surface area contributed by atoms with E-state index in [0.29, 0.717) is 5.11 Å². The lowest BCUT2D eigenvalue weighted by molar-refractivity contribution is -0.145. The average molecular weight is 347 g/mol. The molecule has 0 aromatic heterocycles. The second-order valence-corrected chi connectivity index (χ2v) is 9.13. The number of hydrogen-bond donors (Lipinski definition) is 2. The molecular formula is C17H34N2O3S. The number of rotatable bonds is 6. The van der Waals surface area contributed by atoms with Gasteiger partial charge in [0.05, 0.1) is 19.3 Å². The van der Waals surface area contributed by atoms with Crippen LogP contribution in [0.1, 0.15) is 61.8 Å². The zero-order valence-electron chi connectivity index (χ0n) is 16.1. The summed E-state index contributed by atoms with van der Waals surface area (Å²) in [5.41, 5.74) is -0.356. The smallest absolute Gasteiger partial charge is 0.330 e. The minimum Gasteiger partial charge on any atom is -0.467 e. The standard InChI is InChI=1S/C17H34N2O3S/c1-15(2,3)11-17(7,8)19-14(23)18-12(13(20)21-9)10-22-16(4,5)6/h12H,10-11H2,1-9H3,(H2,18,19,23). The molecule has 0 aromatic rings. The molecule has 136 valence electrons. The molecule has 0 spiro atoms. The highest BCUT2D eigenvalue weighted by Gasteiger charge is 2.28. The lowest BCUT2D eigenvalue weighted by Crippen LogP contribution is -2.55. The fourth-order valence-corrected chi connectivity index (χ4v) is 2.93. The predicted octanol–water partition coefficient (Wildman–Crippen LogP) is 3.02. The maximum absolute atomic E-state index is 11.9. The Balaban J connectivity index is 4.74. The van der Waals surface area contributed by atoms with Gasteiger partial charge in [-0.25, -0.2) is 4.79 Å². The minimum atomic E-state index is -0.635. The van der Waals surface area contributed by atoms with Crippen molar-refractivity contribution in [3.63, 3.8) is 0 Å². The first-order valence-electron chi connectivity index (χ1n) is 7.96. The van der Waals surface area contributed by atoms with Crippen molar-refractivity contribution in [2.24, 2.45) is 5.41 Å². The first kappa shape index (κ1) is 22.1. The summed E-state index contributed by atoms with van der Waals surface area (Å²) in [6.45, 7) is 16.7. The first-order valence-corrected chi connectivity index (χ1v) is 8.36. The number of hydrogen-bond acceptors (Lipinski definition) is 4. The van der Waals surface area contributed by atoms with Crippen molar-refractivity contribution in [3.05, 3.63) is 0 Å². The molecule has 0 amide bonds. The Morgan fingerprint density at radius 1 is 1.09 bits per heavy atom. The maximum Gasteiger partial charge on any atom is 0.330 e.